The van der Waals surface area contributed by atoms with Crippen molar-refractivity contribution in [2.45, 2.75) is 164 Å². The second kappa shape index (κ2) is 60.0. The van der Waals surface area contributed by atoms with E-state index in [9.17, 15) is 0 Å². The number of unbranched alkanes of at least 4 members (excludes halogenated alkanes) is 8. The predicted molar refractivity (Wildman–Crippen MR) is 231 cm³/mol. The molecule has 0 bridgehead atoms. The van der Waals surface area contributed by atoms with Crippen LogP contribution in [-0.4, -0.2) is 64.4 Å². The summed E-state index contributed by atoms with van der Waals surface area (Å²) in [6.07, 6.45) is 19.8. The Labute approximate surface area is 315 Å². The summed E-state index contributed by atoms with van der Waals surface area (Å²) >= 11 is 0. The molecule has 1 aromatic rings. The molecule has 0 unspecified atom stereocenters. The number of hydrogen-bond acceptors (Lipinski definition) is 9. The first-order valence-corrected chi connectivity index (χ1v) is 20.4. The lowest BCUT2D eigenvalue weighted by Crippen LogP contribution is -2.40. The fourth-order valence-corrected chi connectivity index (χ4v) is 3.40. The highest BCUT2D eigenvalue weighted by Crippen LogP contribution is 2.04. The highest BCUT2D eigenvalue weighted by Gasteiger charge is 2.04. The van der Waals surface area contributed by atoms with Crippen molar-refractivity contribution in [1.29, 1.82) is 0 Å². The topological polar surface area (TPSA) is 220 Å². The number of nitrogens with one attached hydrogen (secondary N) is 1. The van der Waals surface area contributed by atoms with Gasteiger partial charge in [0.15, 0.2) is 0 Å². The molecule has 9 nitrogen and oxygen atoms in total. The van der Waals surface area contributed by atoms with Gasteiger partial charge in [-0.15, -0.1) is 0 Å². The van der Waals surface area contributed by atoms with E-state index in [2.05, 4.69) is 71.1 Å². The van der Waals surface area contributed by atoms with Crippen molar-refractivity contribution < 1.29 is 0 Å². The van der Waals surface area contributed by atoms with Crippen LogP contribution in [0, 0.1) is 5.92 Å². The van der Waals surface area contributed by atoms with E-state index >= 15 is 0 Å². The molecule has 9 heteroatoms. The van der Waals surface area contributed by atoms with Crippen molar-refractivity contribution in [3.8, 4) is 0 Å². The highest BCUT2D eigenvalue weighted by molar-refractivity contribution is 5.14. The van der Waals surface area contributed by atoms with E-state index < -0.39 is 0 Å². The van der Waals surface area contributed by atoms with Crippen LogP contribution in [0.2, 0.25) is 0 Å². The minimum Gasteiger partial charge on any atom is -0.330 e. The Morgan fingerprint density at radius 3 is 1.24 bits per heavy atom. The lowest BCUT2D eigenvalue weighted by Gasteiger charge is -2.13. The summed E-state index contributed by atoms with van der Waals surface area (Å²) in [5, 5.41) is 3.17. The van der Waals surface area contributed by atoms with Gasteiger partial charge in [-0.25, -0.2) is 0 Å². The van der Waals surface area contributed by atoms with Crippen molar-refractivity contribution in [3.05, 3.63) is 35.9 Å². The van der Waals surface area contributed by atoms with E-state index in [1.165, 1.54) is 89.0 Å². The molecule has 0 spiro atoms. The van der Waals surface area contributed by atoms with Crippen molar-refractivity contribution >= 4 is 0 Å². The van der Waals surface area contributed by atoms with Gasteiger partial charge in [-0.3, -0.25) is 0 Å². The zero-order valence-corrected chi connectivity index (χ0v) is 35.3. The van der Waals surface area contributed by atoms with Crippen LogP contribution in [0.15, 0.2) is 30.3 Å². The van der Waals surface area contributed by atoms with Crippen LogP contribution >= 0.6 is 0 Å². The zero-order chi connectivity index (χ0) is 39.6. The van der Waals surface area contributed by atoms with Crippen LogP contribution in [-0.2, 0) is 6.42 Å². The molecule has 0 atom stereocenters. The number of nitrogens with two attached hydrogens (primary N) is 8. The Morgan fingerprint density at radius 1 is 0.540 bits per heavy atom. The zero-order valence-electron chi connectivity index (χ0n) is 35.3. The van der Waals surface area contributed by atoms with Gasteiger partial charge < -0.3 is 51.2 Å². The van der Waals surface area contributed by atoms with Gasteiger partial charge in [0, 0.05) is 12.1 Å². The van der Waals surface area contributed by atoms with Crippen molar-refractivity contribution in [2.24, 2.45) is 51.8 Å². The quantitative estimate of drug-likeness (QED) is 0.0577. The van der Waals surface area contributed by atoms with Crippen LogP contribution in [0.1, 0.15) is 157 Å². The molecular formula is C41H97N9. The van der Waals surface area contributed by atoms with E-state index in [0.717, 1.165) is 77.5 Å². The van der Waals surface area contributed by atoms with E-state index in [0.29, 0.717) is 6.54 Å². The monoisotopic (exact) mass is 716 g/mol. The maximum absolute atomic E-state index is 5.41. The molecule has 0 radical (unpaired) electrons. The molecule has 0 amide bonds. The second-order valence-corrected chi connectivity index (χ2v) is 13.6. The van der Waals surface area contributed by atoms with Crippen LogP contribution in [0.3, 0.4) is 0 Å². The van der Waals surface area contributed by atoms with E-state index in [4.69, 9.17) is 45.9 Å². The molecule has 0 heterocycles. The molecule has 0 aromatic heterocycles. The maximum Gasteiger partial charge on any atom is 0.0221 e. The summed E-state index contributed by atoms with van der Waals surface area (Å²) in [6.45, 7) is 24.6. The average molecular weight is 716 g/mol. The number of aryl methyl sites for hydroxylation is 1. The van der Waals surface area contributed by atoms with E-state index in [-0.39, 0.29) is 5.54 Å². The first kappa shape index (κ1) is 60.9. The fraction of sp³-hybridized carbons (Fsp3) is 0.854. The first-order chi connectivity index (χ1) is 23.9. The smallest absolute Gasteiger partial charge is 0.0221 e. The summed E-state index contributed by atoms with van der Waals surface area (Å²) in [5.74, 6) is 0.849. The molecule has 0 aliphatic rings. The minimum atomic E-state index is -0.181. The van der Waals surface area contributed by atoms with Crippen molar-refractivity contribution in [3.63, 3.8) is 0 Å². The Balaban J connectivity index is -0.000000114. The third-order valence-electron chi connectivity index (χ3n) is 6.75. The summed E-state index contributed by atoms with van der Waals surface area (Å²) in [7, 11) is 0. The fourth-order valence-electron chi connectivity index (χ4n) is 3.40. The van der Waals surface area contributed by atoms with Gasteiger partial charge >= 0.3 is 0 Å². The first-order valence-electron chi connectivity index (χ1n) is 20.4. The minimum absolute atomic E-state index is 0.181. The molecule has 0 fully saturated rings. The molecular weight excluding hydrogens is 619 g/mol. The third kappa shape index (κ3) is 91.3. The molecule has 0 aliphatic heterocycles. The van der Waals surface area contributed by atoms with Gasteiger partial charge in [0.1, 0.15) is 0 Å². The van der Waals surface area contributed by atoms with Crippen LogP contribution in [0.4, 0.5) is 0 Å². The average Bonchev–Trinajstić information content (AvgIpc) is 3.10. The maximum atomic E-state index is 5.41. The predicted octanol–water partition coefficient (Wildman–Crippen LogP) is 6.77. The largest absolute Gasteiger partial charge is 0.330 e. The van der Waals surface area contributed by atoms with Gasteiger partial charge in [0.25, 0.3) is 0 Å². The van der Waals surface area contributed by atoms with Crippen LogP contribution < -0.4 is 51.2 Å². The van der Waals surface area contributed by atoms with Crippen LogP contribution in [0.5, 0.6) is 0 Å². The number of benzene rings is 1. The summed E-state index contributed by atoms with van der Waals surface area (Å²) in [4.78, 5) is 0. The van der Waals surface area contributed by atoms with Crippen LogP contribution in [0.25, 0.3) is 0 Å². The molecule has 1 aromatic carbocycles. The molecule has 17 N–H and O–H groups in total. The third-order valence-corrected chi connectivity index (χ3v) is 6.75. The number of rotatable bonds is 22. The lowest BCUT2D eigenvalue weighted by atomic mass is 10.1. The highest BCUT2D eigenvalue weighted by atomic mass is 14.8. The van der Waals surface area contributed by atoms with E-state index in [1.807, 2.05) is 19.9 Å². The molecule has 0 saturated carbocycles. The van der Waals surface area contributed by atoms with Gasteiger partial charge in [-0.1, -0.05) is 130 Å². The molecule has 306 valence electrons. The van der Waals surface area contributed by atoms with E-state index in [1.54, 1.807) is 0 Å². The Bertz CT molecular complexity index is 574. The summed E-state index contributed by atoms with van der Waals surface area (Å²) < 4.78 is 0. The summed E-state index contributed by atoms with van der Waals surface area (Å²) in [5.41, 5.74) is 43.4. The Hall–Kier alpha value is -1.14. The van der Waals surface area contributed by atoms with Crippen molar-refractivity contribution in [2.75, 3.05) is 58.9 Å². The Morgan fingerprint density at radius 2 is 0.940 bits per heavy atom. The standard InChI is InChI=1S/C9H13N.C7H17N.2C6H15N.C5H14N2.C4H12N2.C4H11N/c10-8-4-7-9-5-2-1-3-6-9;1-7(2)5-3-4-6-8;2*1-2-3-4-5-6-7;1-2-7-5-3-4-6;1-4(2,6)3-5;1-2-3-4-5/h1-3,5-6H,4,7-8,10H2;7H,3-6,8H2,1-2H3;2*2-7H2,1H3;7H,2-6H2,1H3;3,5-6H2,1-2H3;2-5H2,1H3. The van der Waals surface area contributed by atoms with Gasteiger partial charge in [-0.05, 0) is 123 Å². The lowest BCUT2D eigenvalue weighted by molar-refractivity contribution is 0.532. The molecule has 50 heavy (non-hydrogen) atoms. The van der Waals surface area contributed by atoms with Gasteiger partial charge in [-0.2, -0.15) is 0 Å². The second-order valence-electron chi connectivity index (χ2n) is 13.6. The molecule has 0 saturated heterocycles. The van der Waals surface area contributed by atoms with Gasteiger partial charge in [0.05, 0.1) is 0 Å². The Kier molecular flexibility index (Phi) is 73.1. The summed E-state index contributed by atoms with van der Waals surface area (Å²) in [6, 6.07) is 10.4. The van der Waals surface area contributed by atoms with Gasteiger partial charge in [0.2, 0.25) is 0 Å². The van der Waals surface area contributed by atoms with Crippen molar-refractivity contribution in [1.82, 2.24) is 5.32 Å². The normalized spacial score (nSPS) is 9.86. The molecule has 0 aliphatic carbocycles. The number of hydrogen-bond donors (Lipinski definition) is 9. The SMILES string of the molecule is CC(C)(N)CN.CC(C)CCCCN.CCCCCCN.CCCCCCN.CCCCN.CCNCCCN.NCCCc1ccccc1. The molecule has 1 rings (SSSR count).